The molecule has 38 heavy (non-hydrogen) atoms. The van der Waals surface area contributed by atoms with Crippen molar-refractivity contribution in [1.29, 1.82) is 0 Å². The number of aromatic nitrogens is 6. The Morgan fingerprint density at radius 2 is 1.76 bits per heavy atom. The van der Waals surface area contributed by atoms with Crippen molar-refractivity contribution in [2.24, 2.45) is 11.8 Å². The molecule has 9 heteroatoms. The quantitative estimate of drug-likeness (QED) is 0.334. The van der Waals surface area contributed by atoms with Crippen molar-refractivity contribution in [2.45, 2.75) is 65.3 Å². The van der Waals surface area contributed by atoms with Crippen molar-refractivity contribution in [3.63, 3.8) is 0 Å². The molecule has 8 nitrogen and oxygen atoms in total. The number of carbonyl (C=O) groups excluding carboxylic acids is 1. The van der Waals surface area contributed by atoms with Crippen molar-refractivity contribution < 1.29 is 9.18 Å². The Bertz CT molecular complexity index is 1450. The van der Waals surface area contributed by atoms with Crippen LogP contribution in [0.3, 0.4) is 0 Å². The van der Waals surface area contributed by atoms with E-state index in [1.165, 1.54) is 4.57 Å². The lowest BCUT2D eigenvalue weighted by molar-refractivity contribution is 0.0781. The summed E-state index contributed by atoms with van der Waals surface area (Å²) in [5.74, 6) is -0.537. The minimum Gasteiger partial charge on any atom is -0.288 e. The molecule has 0 aliphatic heterocycles. The fraction of sp³-hybridized carbons (Fsp3) is 0.414. The highest BCUT2D eigenvalue weighted by Crippen LogP contribution is 2.30. The standard InChI is InChI=1S/C29H33FN6O2/c1-19(2)12-17-25-26(30)36(28(37)22-8-4-3-5-9-22)29(38)35(25)18-20-13-15-21(16-14-20)23-10-6-7-11-24(23)27-31-33-34-32-27/h6-7,10-11,13-16,19,22H,3-5,8-9,12,17-18H2,1-2H3,(H,31,32,33,34). The van der Waals surface area contributed by atoms with E-state index in [2.05, 4.69) is 34.5 Å². The monoisotopic (exact) mass is 516 g/mol. The largest absolute Gasteiger partial charge is 0.337 e. The molecule has 2 aromatic carbocycles. The highest BCUT2D eigenvalue weighted by atomic mass is 19.1. The van der Waals surface area contributed by atoms with Gasteiger partial charge in [0, 0.05) is 11.5 Å². The predicted molar refractivity (Wildman–Crippen MR) is 143 cm³/mol. The van der Waals surface area contributed by atoms with Gasteiger partial charge in [-0.3, -0.25) is 9.36 Å². The first kappa shape index (κ1) is 25.8. The zero-order chi connectivity index (χ0) is 26.6. The Morgan fingerprint density at radius 3 is 2.42 bits per heavy atom. The van der Waals surface area contributed by atoms with Gasteiger partial charge in [0.1, 0.15) is 0 Å². The van der Waals surface area contributed by atoms with Crippen molar-refractivity contribution in [3.8, 4) is 22.5 Å². The van der Waals surface area contributed by atoms with Gasteiger partial charge in [-0.2, -0.15) is 9.60 Å². The highest BCUT2D eigenvalue weighted by Gasteiger charge is 2.30. The van der Waals surface area contributed by atoms with Crippen LogP contribution >= 0.6 is 0 Å². The molecule has 1 N–H and O–H groups in total. The first-order valence-electron chi connectivity index (χ1n) is 13.4. The van der Waals surface area contributed by atoms with E-state index in [-0.39, 0.29) is 12.5 Å². The van der Waals surface area contributed by atoms with Gasteiger partial charge in [0.05, 0.1) is 12.2 Å². The van der Waals surface area contributed by atoms with Crippen molar-refractivity contribution in [3.05, 3.63) is 76.2 Å². The van der Waals surface area contributed by atoms with Crippen LogP contribution < -0.4 is 5.69 Å². The van der Waals surface area contributed by atoms with Crippen LogP contribution in [0.25, 0.3) is 22.5 Å². The average Bonchev–Trinajstić information content (AvgIpc) is 3.55. The van der Waals surface area contributed by atoms with Gasteiger partial charge in [0.2, 0.25) is 17.7 Å². The minimum atomic E-state index is -0.697. The highest BCUT2D eigenvalue weighted by molar-refractivity contribution is 5.82. The van der Waals surface area contributed by atoms with E-state index in [0.717, 1.165) is 52.5 Å². The Labute approximate surface area is 220 Å². The molecule has 5 rings (SSSR count). The molecular formula is C29H33FN6O2. The first-order valence-corrected chi connectivity index (χ1v) is 13.4. The first-order chi connectivity index (χ1) is 18.4. The van der Waals surface area contributed by atoms with Crippen LogP contribution in [0.2, 0.25) is 0 Å². The third-order valence-corrected chi connectivity index (χ3v) is 7.43. The second kappa shape index (κ2) is 11.2. The lowest BCUT2D eigenvalue weighted by atomic mass is 9.88. The third-order valence-electron chi connectivity index (χ3n) is 7.43. The molecule has 1 saturated carbocycles. The van der Waals surface area contributed by atoms with Gasteiger partial charge in [0.25, 0.3) is 0 Å². The Hall–Kier alpha value is -3.88. The van der Waals surface area contributed by atoms with Crippen molar-refractivity contribution in [2.75, 3.05) is 0 Å². The average molecular weight is 517 g/mol. The Kier molecular flexibility index (Phi) is 7.62. The summed E-state index contributed by atoms with van der Waals surface area (Å²) in [4.78, 5) is 26.7. The van der Waals surface area contributed by atoms with Crippen LogP contribution in [-0.2, 0) is 13.0 Å². The molecule has 2 heterocycles. The number of benzene rings is 2. The van der Waals surface area contributed by atoms with E-state index in [1.807, 2.05) is 48.5 Å². The molecular weight excluding hydrogens is 483 g/mol. The maximum absolute atomic E-state index is 15.7. The topological polar surface area (TPSA) is 98.5 Å². The molecule has 1 aliphatic carbocycles. The van der Waals surface area contributed by atoms with E-state index in [9.17, 15) is 9.59 Å². The maximum Gasteiger partial charge on any atom is 0.337 e. The molecule has 198 valence electrons. The van der Waals surface area contributed by atoms with Crippen molar-refractivity contribution in [1.82, 2.24) is 29.8 Å². The number of hydrogen-bond donors (Lipinski definition) is 1. The zero-order valence-corrected chi connectivity index (χ0v) is 21.9. The Balaban J connectivity index is 1.46. The molecule has 0 spiro atoms. The molecule has 0 saturated heterocycles. The number of nitrogens with zero attached hydrogens (tertiary/aromatic N) is 5. The van der Waals surface area contributed by atoms with E-state index < -0.39 is 17.5 Å². The summed E-state index contributed by atoms with van der Waals surface area (Å²) in [6, 6.07) is 15.6. The van der Waals surface area contributed by atoms with Gasteiger partial charge in [0.15, 0.2) is 0 Å². The molecule has 1 fully saturated rings. The van der Waals surface area contributed by atoms with Crippen LogP contribution in [-0.4, -0.2) is 35.7 Å². The molecule has 0 radical (unpaired) electrons. The van der Waals surface area contributed by atoms with Gasteiger partial charge in [-0.05, 0) is 53.5 Å². The van der Waals surface area contributed by atoms with Crippen molar-refractivity contribution >= 4 is 5.91 Å². The number of tetrazole rings is 1. The van der Waals surface area contributed by atoms with Gasteiger partial charge >= 0.3 is 5.69 Å². The summed E-state index contributed by atoms with van der Waals surface area (Å²) < 4.78 is 17.9. The van der Waals surface area contributed by atoms with E-state index in [4.69, 9.17) is 0 Å². The number of carbonyl (C=O) groups is 1. The molecule has 0 amide bonds. The molecule has 0 unspecified atom stereocenters. The number of hydrogen-bond acceptors (Lipinski definition) is 5. The molecule has 0 atom stereocenters. The lowest BCUT2D eigenvalue weighted by Gasteiger charge is -2.19. The van der Waals surface area contributed by atoms with Gasteiger partial charge in [-0.1, -0.05) is 81.6 Å². The molecule has 4 aromatic rings. The normalized spacial score (nSPS) is 14.3. The second-order valence-electron chi connectivity index (χ2n) is 10.5. The second-order valence-corrected chi connectivity index (χ2v) is 10.5. The molecule has 0 bridgehead atoms. The number of nitrogens with one attached hydrogen (secondary N) is 1. The summed E-state index contributed by atoms with van der Waals surface area (Å²) in [5, 5.41) is 14.4. The summed E-state index contributed by atoms with van der Waals surface area (Å²) in [7, 11) is 0. The number of aromatic amines is 1. The molecule has 1 aliphatic rings. The number of rotatable bonds is 8. The van der Waals surface area contributed by atoms with Gasteiger partial charge < -0.3 is 0 Å². The zero-order valence-electron chi connectivity index (χ0n) is 21.9. The van der Waals surface area contributed by atoms with E-state index in [0.29, 0.717) is 36.7 Å². The number of H-pyrrole nitrogens is 1. The summed E-state index contributed by atoms with van der Waals surface area (Å²) in [6.45, 7) is 4.33. The van der Waals surface area contributed by atoms with E-state index in [1.54, 1.807) is 0 Å². The fourth-order valence-corrected chi connectivity index (χ4v) is 5.29. The fourth-order valence-electron chi connectivity index (χ4n) is 5.29. The number of imidazole rings is 1. The molecule has 2 aromatic heterocycles. The van der Waals surface area contributed by atoms with Crippen LogP contribution in [0.1, 0.15) is 68.4 Å². The van der Waals surface area contributed by atoms with Crippen LogP contribution in [0.15, 0.2) is 53.3 Å². The minimum absolute atomic E-state index is 0.195. The summed E-state index contributed by atoms with van der Waals surface area (Å²) in [6.07, 6.45) is 5.51. The van der Waals surface area contributed by atoms with Crippen LogP contribution in [0.5, 0.6) is 0 Å². The maximum atomic E-state index is 15.7. The lowest BCUT2D eigenvalue weighted by Crippen LogP contribution is -2.35. The van der Waals surface area contributed by atoms with Crippen LogP contribution in [0, 0.1) is 17.8 Å². The predicted octanol–water partition coefficient (Wildman–Crippen LogP) is 5.49. The van der Waals surface area contributed by atoms with Crippen LogP contribution in [0.4, 0.5) is 4.39 Å². The summed E-state index contributed by atoms with van der Waals surface area (Å²) >= 11 is 0. The van der Waals surface area contributed by atoms with Gasteiger partial charge in [-0.15, -0.1) is 10.2 Å². The van der Waals surface area contributed by atoms with Gasteiger partial charge in [-0.25, -0.2) is 9.36 Å². The smallest absolute Gasteiger partial charge is 0.288 e. The SMILES string of the molecule is CC(C)CCc1c(F)n(C(=O)C2CCCCC2)c(=O)n1Cc1ccc(-c2ccccc2-c2nn[nH]n2)cc1. The number of halogens is 1. The van der Waals surface area contributed by atoms with E-state index >= 15 is 4.39 Å². The summed E-state index contributed by atoms with van der Waals surface area (Å²) in [5.41, 5.74) is 3.33. The Morgan fingerprint density at radius 1 is 1.05 bits per heavy atom. The third kappa shape index (κ3) is 5.23.